The van der Waals surface area contributed by atoms with Crippen LogP contribution in [-0.2, 0) is 4.79 Å². The second kappa shape index (κ2) is 4.36. The molecule has 0 radical (unpaired) electrons. The van der Waals surface area contributed by atoms with E-state index in [1.807, 2.05) is 0 Å². The first-order chi connectivity index (χ1) is 9.22. The monoisotopic (exact) mass is 259 g/mol. The highest BCUT2D eigenvalue weighted by atomic mass is 16.1. The molecular formula is C17H25NO. The van der Waals surface area contributed by atoms with Gasteiger partial charge in [-0.05, 0) is 61.2 Å². The summed E-state index contributed by atoms with van der Waals surface area (Å²) in [5.74, 6) is 5.03. The van der Waals surface area contributed by atoms with Gasteiger partial charge in [0.1, 0.15) is 0 Å². The van der Waals surface area contributed by atoms with E-state index in [2.05, 4.69) is 24.4 Å². The number of nitrogens with one attached hydrogen (secondary N) is 1. The Morgan fingerprint density at radius 1 is 1.16 bits per heavy atom. The van der Waals surface area contributed by atoms with Gasteiger partial charge in [-0.2, -0.15) is 0 Å². The van der Waals surface area contributed by atoms with Gasteiger partial charge in [0.15, 0.2) is 0 Å². The van der Waals surface area contributed by atoms with Crippen LogP contribution in [0.25, 0.3) is 0 Å². The molecule has 3 fully saturated rings. The number of rotatable bonds is 3. The summed E-state index contributed by atoms with van der Waals surface area (Å²) in [6.45, 7) is 3.21. The summed E-state index contributed by atoms with van der Waals surface area (Å²) in [5.41, 5.74) is 0. The highest BCUT2D eigenvalue weighted by Gasteiger charge is 2.46. The molecule has 4 rings (SSSR count). The predicted octanol–water partition coefficient (Wildman–Crippen LogP) is 3.00. The van der Waals surface area contributed by atoms with Crippen LogP contribution in [-0.4, -0.2) is 12.5 Å². The molecule has 4 aliphatic rings. The molecule has 0 aromatic heterocycles. The number of amides is 1. The van der Waals surface area contributed by atoms with Crippen molar-refractivity contribution in [3.63, 3.8) is 0 Å². The van der Waals surface area contributed by atoms with Gasteiger partial charge in [-0.25, -0.2) is 0 Å². The van der Waals surface area contributed by atoms with E-state index >= 15 is 0 Å². The third-order valence-electron chi connectivity index (χ3n) is 6.58. The van der Waals surface area contributed by atoms with E-state index in [1.165, 1.54) is 32.1 Å². The van der Waals surface area contributed by atoms with E-state index in [0.717, 1.165) is 24.3 Å². The van der Waals surface area contributed by atoms with Gasteiger partial charge in [-0.1, -0.05) is 25.5 Å². The number of fused-ring (bicyclic) bond motifs is 4. The highest BCUT2D eigenvalue weighted by molar-refractivity contribution is 5.80. The molecule has 4 bridgehead atoms. The zero-order chi connectivity index (χ0) is 13.0. The highest BCUT2D eigenvalue weighted by Crippen LogP contribution is 2.49. The molecule has 2 heteroatoms. The minimum atomic E-state index is 0.258. The molecule has 104 valence electrons. The van der Waals surface area contributed by atoms with Gasteiger partial charge in [0.2, 0.25) is 5.91 Å². The lowest BCUT2D eigenvalue weighted by atomic mass is 9.83. The molecule has 0 aliphatic heterocycles. The Morgan fingerprint density at radius 2 is 2.00 bits per heavy atom. The number of hydrogen-bond acceptors (Lipinski definition) is 1. The lowest BCUT2D eigenvalue weighted by molar-refractivity contribution is -0.127. The Morgan fingerprint density at radius 3 is 2.63 bits per heavy atom. The second-order valence-corrected chi connectivity index (χ2v) is 7.51. The van der Waals surface area contributed by atoms with Crippen molar-refractivity contribution in [3.05, 3.63) is 12.2 Å². The average Bonchev–Trinajstić information content (AvgIpc) is 3.15. The molecular weight excluding hydrogens is 234 g/mol. The van der Waals surface area contributed by atoms with E-state index < -0.39 is 0 Å². The zero-order valence-corrected chi connectivity index (χ0v) is 11.8. The molecule has 0 aromatic carbocycles. The third-order valence-corrected chi connectivity index (χ3v) is 6.58. The maximum absolute atomic E-state index is 12.5. The van der Waals surface area contributed by atoms with Crippen molar-refractivity contribution >= 4 is 5.91 Å². The second-order valence-electron chi connectivity index (χ2n) is 7.51. The molecule has 0 saturated heterocycles. The van der Waals surface area contributed by atoms with Crippen LogP contribution < -0.4 is 5.32 Å². The molecule has 7 atom stereocenters. The summed E-state index contributed by atoms with van der Waals surface area (Å²) in [4.78, 5) is 12.5. The lowest BCUT2D eigenvalue weighted by Gasteiger charge is -2.26. The topological polar surface area (TPSA) is 29.1 Å². The quantitative estimate of drug-likeness (QED) is 0.776. The van der Waals surface area contributed by atoms with Crippen molar-refractivity contribution in [1.29, 1.82) is 0 Å². The number of allylic oxidation sites excluding steroid dienone is 2. The van der Waals surface area contributed by atoms with Crippen LogP contribution in [0.4, 0.5) is 0 Å². The molecule has 0 spiro atoms. The smallest absolute Gasteiger partial charge is 0.224 e. The van der Waals surface area contributed by atoms with E-state index in [1.54, 1.807) is 0 Å². The standard InChI is InChI=1S/C17H25NO/c1-10-12-4-5-14(8-12)16(10)17(19)18-9-15-7-11-2-3-13(15)6-11/h4-5,10-16H,2-3,6-9H2,1H3,(H,18,19). The Bertz CT molecular complexity index is 415. The van der Waals surface area contributed by atoms with Crippen LogP contribution in [0.1, 0.15) is 39.0 Å². The Balaban J connectivity index is 1.34. The van der Waals surface area contributed by atoms with Gasteiger partial charge in [0, 0.05) is 12.5 Å². The first-order valence-corrected chi connectivity index (χ1v) is 8.18. The Labute approximate surface area is 116 Å². The molecule has 2 nitrogen and oxygen atoms in total. The summed E-state index contributed by atoms with van der Waals surface area (Å²) in [6, 6.07) is 0. The summed E-state index contributed by atoms with van der Waals surface area (Å²) in [7, 11) is 0. The van der Waals surface area contributed by atoms with Crippen LogP contribution in [0.3, 0.4) is 0 Å². The zero-order valence-electron chi connectivity index (χ0n) is 11.8. The van der Waals surface area contributed by atoms with Gasteiger partial charge in [0.05, 0.1) is 0 Å². The van der Waals surface area contributed by atoms with Crippen molar-refractivity contribution in [1.82, 2.24) is 5.32 Å². The average molecular weight is 259 g/mol. The molecule has 1 N–H and O–H groups in total. The molecule has 0 heterocycles. The van der Waals surface area contributed by atoms with E-state index in [9.17, 15) is 4.79 Å². The largest absolute Gasteiger partial charge is 0.356 e. The van der Waals surface area contributed by atoms with Crippen molar-refractivity contribution < 1.29 is 4.79 Å². The van der Waals surface area contributed by atoms with Gasteiger partial charge < -0.3 is 5.32 Å². The fourth-order valence-corrected chi connectivity index (χ4v) is 5.48. The van der Waals surface area contributed by atoms with Crippen LogP contribution in [0.2, 0.25) is 0 Å². The summed E-state index contributed by atoms with van der Waals surface area (Å²) >= 11 is 0. The van der Waals surface area contributed by atoms with Crippen molar-refractivity contribution in [3.8, 4) is 0 Å². The molecule has 3 saturated carbocycles. The molecule has 7 unspecified atom stereocenters. The molecule has 19 heavy (non-hydrogen) atoms. The fourth-order valence-electron chi connectivity index (χ4n) is 5.48. The number of carbonyl (C=O) groups is 1. The summed E-state index contributed by atoms with van der Waals surface area (Å²) < 4.78 is 0. The SMILES string of the molecule is CC1C2C=CC(C2)C1C(=O)NCC1CC2CCC1C2. The predicted molar refractivity (Wildman–Crippen MR) is 75.3 cm³/mol. The molecule has 4 aliphatic carbocycles. The molecule has 0 aromatic rings. The maximum Gasteiger partial charge on any atom is 0.224 e. The molecule has 1 amide bonds. The fraction of sp³-hybridized carbons (Fsp3) is 0.824. The number of hydrogen-bond donors (Lipinski definition) is 1. The minimum absolute atomic E-state index is 0.258. The summed E-state index contributed by atoms with van der Waals surface area (Å²) in [6.07, 6.45) is 11.5. The van der Waals surface area contributed by atoms with Crippen molar-refractivity contribution in [2.75, 3.05) is 6.54 Å². The van der Waals surface area contributed by atoms with Crippen LogP contribution in [0.15, 0.2) is 12.2 Å². The first-order valence-electron chi connectivity index (χ1n) is 8.18. The minimum Gasteiger partial charge on any atom is -0.356 e. The van der Waals surface area contributed by atoms with E-state index in [4.69, 9.17) is 0 Å². The van der Waals surface area contributed by atoms with Crippen LogP contribution in [0, 0.1) is 41.4 Å². The van der Waals surface area contributed by atoms with Gasteiger partial charge >= 0.3 is 0 Å². The van der Waals surface area contributed by atoms with Gasteiger partial charge in [-0.3, -0.25) is 4.79 Å². The van der Waals surface area contributed by atoms with Crippen molar-refractivity contribution in [2.24, 2.45) is 41.4 Å². The van der Waals surface area contributed by atoms with Crippen molar-refractivity contribution in [2.45, 2.75) is 39.0 Å². The van der Waals surface area contributed by atoms with E-state index in [0.29, 0.717) is 23.7 Å². The lowest BCUT2D eigenvalue weighted by Crippen LogP contribution is -2.39. The Kier molecular flexibility index (Phi) is 2.75. The maximum atomic E-state index is 12.5. The van der Waals surface area contributed by atoms with Crippen LogP contribution >= 0.6 is 0 Å². The Hall–Kier alpha value is -0.790. The summed E-state index contributed by atoms with van der Waals surface area (Å²) in [5, 5.41) is 3.29. The van der Waals surface area contributed by atoms with Gasteiger partial charge in [0.25, 0.3) is 0 Å². The first kappa shape index (κ1) is 12.0. The third kappa shape index (κ3) is 1.86. The van der Waals surface area contributed by atoms with Crippen LogP contribution in [0.5, 0.6) is 0 Å². The van der Waals surface area contributed by atoms with Gasteiger partial charge in [-0.15, -0.1) is 0 Å². The number of carbonyl (C=O) groups excluding carboxylic acids is 1. The normalized spacial score (nSPS) is 50.1. The van der Waals surface area contributed by atoms with E-state index in [-0.39, 0.29) is 5.92 Å².